The van der Waals surface area contributed by atoms with Gasteiger partial charge in [-0.15, -0.1) is 0 Å². The van der Waals surface area contributed by atoms with Crippen LogP contribution in [0, 0.1) is 0 Å². The van der Waals surface area contributed by atoms with Crippen LogP contribution in [0.1, 0.15) is 20.3 Å². The van der Waals surface area contributed by atoms with Crippen LogP contribution in [-0.2, 0) is 4.79 Å². The van der Waals surface area contributed by atoms with Crippen molar-refractivity contribution < 1.29 is 14.4 Å². The molecule has 1 heterocycles. The Morgan fingerprint density at radius 2 is 1.90 bits per heavy atom. The Kier molecular flexibility index (Phi) is 9.26. The van der Waals surface area contributed by atoms with E-state index in [9.17, 15) is 14.4 Å². The van der Waals surface area contributed by atoms with Crippen LogP contribution < -0.4 is 10.6 Å². The first kappa shape index (κ1) is 19.9. The van der Waals surface area contributed by atoms with E-state index in [-0.39, 0.29) is 20.7 Å². The van der Waals surface area contributed by atoms with E-state index in [1.807, 2.05) is 6.66 Å². The van der Waals surface area contributed by atoms with Crippen molar-refractivity contribution in [1.29, 1.82) is 0 Å². The molecule has 2 N–H and O–H groups in total. The van der Waals surface area contributed by atoms with Gasteiger partial charge in [-0.25, -0.2) is 14.5 Å². The Balaban J connectivity index is 0.000000885. The Hall–Kier alpha value is -1.10. The normalized spacial score (nSPS) is 18.1. The quantitative estimate of drug-likeness (QED) is 0.514. The lowest BCUT2D eigenvalue weighted by atomic mass is 9.08. The summed E-state index contributed by atoms with van der Waals surface area (Å²) in [4.78, 5) is 35.9. The molecule has 1 saturated heterocycles. The molecule has 0 aromatic carbocycles. The van der Waals surface area contributed by atoms with Crippen LogP contribution >= 0.6 is 8.73 Å². The predicted molar refractivity (Wildman–Crippen MR) is 87.6 cm³/mol. The van der Waals surface area contributed by atoms with Gasteiger partial charge in [-0.1, -0.05) is 6.92 Å². The third-order valence-electron chi connectivity index (χ3n) is 2.38. The van der Waals surface area contributed by atoms with Crippen LogP contribution in [0.4, 0.5) is 9.59 Å². The highest BCUT2D eigenvalue weighted by Crippen LogP contribution is 2.21. The predicted octanol–water partition coefficient (Wildman–Crippen LogP) is -1.04. The zero-order valence-corrected chi connectivity index (χ0v) is 13.4. The van der Waals surface area contributed by atoms with Gasteiger partial charge >= 0.3 is 12.1 Å². The minimum atomic E-state index is -0.742. The molecule has 0 saturated carbocycles. The molecule has 21 heavy (non-hydrogen) atoms. The van der Waals surface area contributed by atoms with Crippen LogP contribution in [0.15, 0.2) is 0 Å². The Morgan fingerprint density at radius 3 is 2.29 bits per heavy atom. The summed E-state index contributed by atoms with van der Waals surface area (Å²) in [7, 11) is 14.2. The van der Waals surface area contributed by atoms with E-state index >= 15 is 0 Å². The van der Waals surface area contributed by atoms with Crippen molar-refractivity contribution in [3.63, 3.8) is 0 Å². The molecule has 0 aliphatic carbocycles. The molecule has 2 unspecified atom stereocenters. The van der Waals surface area contributed by atoms with Crippen LogP contribution in [0.5, 0.6) is 0 Å². The highest BCUT2D eigenvalue weighted by molar-refractivity contribution is 7.49. The summed E-state index contributed by atoms with van der Waals surface area (Å²) in [6, 6.07) is -0.855. The molecule has 0 aromatic heterocycles. The average molecular weight is 303 g/mol. The van der Waals surface area contributed by atoms with E-state index in [1.54, 1.807) is 13.8 Å². The highest BCUT2D eigenvalue weighted by atomic mass is 31.1. The molecule has 0 bridgehead atoms. The molecule has 6 radical (unpaired) electrons. The third-order valence-corrected chi connectivity index (χ3v) is 3.31. The van der Waals surface area contributed by atoms with Crippen molar-refractivity contribution in [1.82, 2.24) is 20.2 Å². The number of urea groups is 2. The lowest BCUT2D eigenvalue weighted by molar-refractivity contribution is -0.122. The molecule has 0 spiro atoms. The van der Waals surface area contributed by atoms with E-state index in [4.69, 9.17) is 0 Å². The molecule has 2 atom stereocenters. The molecule has 1 aliphatic rings. The van der Waals surface area contributed by atoms with Gasteiger partial charge in [-0.05, 0) is 22.3 Å². The smallest absolute Gasteiger partial charge is 0.318 e. The van der Waals surface area contributed by atoms with Gasteiger partial charge in [0.2, 0.25) is 5.91 Å². The monoisotopic (exact) mass is 304 g/mol. The van der Waals surface area contributed by atoms with Crippen molar-refractivity contribution in [2.45, 2.75) is 26.6 Å². The zero-order valence-electron chi connectivity index (χ0n) is 12.4. The molecule has 108 valence electrons. The second kappa shape index (κ2) is 9.77. The first-order chi connectivity index (χ1) is 9.78. The van der Waals surface area contributed by atoms with Gasteiger partial charge in [0.1, 0.15) is 0 Å². The third kappa shape index (κ3) is 6.46. The standard InChI is InChI=1S/C9H17N4O3P.B4/c1-4-6(14)10-7-11-8(15)12(5-2)9(16)13(7)17-3;1-4(2)3/h7,17H,4-5H2,1-3H3,(H,10,14)(H,11,15);. The lowest BCUT2D eigenvalue weighted by Crippen LogP contribution is -2.67. The van der Waals surface area contributed by atoms with Crippen molar-refractivity contribution in [3.05, 3.63) is 0 Å². The number of rotatable bonds is 4. The molecule has 1 rings (SSSR count). The zero-order chi connectivity index (χ0) is 16.6. The Morgan fingerprint density at radius 1 is 1.38 bits per heavy atom. The number of hydrogen-bond acceptors (Lipinski definition) is 3. The topological polar surface area (TPSA) is 81.8 Å². The van der Waals surface area contributed by atoms with Gasteiger partial charge in [0, 0.05) is 42.6 Å². The fourth-order valence-electron chi connectivity index (χ4n) is 1.45. The second-order valence-corrected chi connectivity index (χ2v) is 4.90. The number of imide groups is 1. The molecule has 0 aromatic rings. The summed E-state index contributed by atoms with van der Waals surface area (Å²) < 4.78 is 1.43. The van der Waals surface area contributed by atoms with Crippen LogP contribution in [0.2, 0.25) is 0 Å². The number of carbonyl (C=O) groups excluding carboxylic acids is 3. The first-order valence-corrected chi connectivity index (χ1v) is 7.87. The van der Waals surface area contributed by atoms with Gasteiger partial charge in [-0.3, -0.25) is 14.8 Å². The van der Waals surface area contributed by atoms with Crippen molar-refractivity contribution in [2.75, 3.05) is 13.2 Å². The molecular weight excluding hydrogens is 286 g/mol. The minimum Gasteiger partial charge on any atom is -0.318 e. The van der Waals surface area contributed by atoms with Gasteiger partial charge < -0.3 is 5.32 Å². The maximum atomic E-state index is 11.9. The molecule has 12 heteroatoms. The van der Waals surface area contributed by atoms with Gasteiger partial charge in [0.15, 0.2) is 6.29 Å². The minimum absolute atomic E-state index is 0.160. The average Bonchev–Trinajstić information content (AvgIpc) is 2.38. The molecule has 7 nitrogen and oxygen atoms in total. The largest absolute Gasteiger partial charge is 0.334 e. The number of nitrogens with zero attached hydrogens (tertiary/aromatic N) is 2. The van der Waals surface area contributed by atoms with E-state index in [0.29, 0.717) is 13.0 Å². The van der Waals surface area contributed by atoms with Crippen LogP contribution in [0.25, 0.3) is 0 Å². The fraction of sp³-hybridized carbons (Fsp3) is 0.667. The van der Waals surface area contributed by atoms with E-state index in [0.717, 1.165) is 4.90 Å². The van der Waals surface area contributed by atoms with Gasteiger partial charge in [-0.2, -0.15) is 0 Å². The second-order valence-electron chi connectivity index (χ2n) is 3.97. The number of hydrogen-bond donors (Lipinski definition) is 2. The number of nitrogens with one attached hydrogen (secondary N) is 2. The number of amides is 5. The first-order valence-electron chi connectivity index (χ1n) is 6.43. The SMILES string of the molecule is CCC(=O)NC1NC(=O)N(CC)C(=O)N1PC.[B]B([B])[B]. The fourth-order valence-corrected chi connectivity index (χ4v) is 2.14. The van der Waals surface area contributed by atoms with Crippen molar-refractivity contribution in [3.8, 4) is 0 Å². The van der Waals surface area contributed by atoms with Crippen LogP contribution in [-0.4, -0.2) is 76.6 Å². The summed E-state index contributed by atoms with van der Waals surface area (Å²) in [5.41, 5.74) is 0. The Bertz CT molecular complexity index is 385. The lowest BCUT2D eigenvalue weighted by Gasteiger charge is -2.39. The summed E-state index contributed by atoms with van der Waals surface area (Å²) >= 11 is 0. The molecule has 1 aliphatic heterocycles. The van der Waals surface area contributed by atoms with Crippen molar-refractivity contribution >= 4 is 56.3 Å². The molecule has 5 amide bonds. The maximum Gasteiger partial charge on any atom is 0.334 e. The van der Waals surface area contributed by atoms with Crippen LogP contribution in [0.3, 0.4) is 0 Å². The summed E-state index contributed by atoms with van der Waals surface area (Å²) in [6.45, 7) is 5.55. The molecule has 1 fully saturated rings. The highest BCUT2D eigenvalue weighted by Gasteiger charge is 2.37. The maximum absolute atomic E-state index is 11.9. The van der Waals surface area contributed by atoms with Gasteiger partial charge in [0.25, 0.3) is 0 Å². The van der Waals surface area contributed by atoms with Crippen molar-refractivity contribution in [2.24, 2.45) is 0 Å². The molecular formula is C9H17B4N4O3P. The van der Waals surface area contributed by atoms with Gasteiger partial charge in [0.05, 0.1) is 0 Å². The van der Waals surface area contributed by atoms with E-state index < -0.39 is 18.7 Å². The number of carbonyl (C=O) groups is 3. The van der Waals surface area contributed by atoms with E-state index in [2.05, 4.69) is 33.8 Å². The Labute approximate surface area is 131 Å². The summed E-state index contributed by atoms with van der Waals surface area (Å²) in [5, 5.41) is 5.17. The van der Waals surface area contributed by atoms with E-state index in [1.165, 1.54) is 4.67 Å². The summed E-state index contributed by atoms with van der Waals surface area (Å²) in [6.07, 6.45) is -1.10. The summed E-state index contributed by atoms with van der Waals surface area (Å²) in [5.74, 6) is -0.212.